The third kappa shape index (κ3) is 2.75. The fraction of sp³-hybridized carbons (Fsp3) is 0.235. The first-order chi connectivity index (χ1) is 12.4. The average Bonchev–Trinajstić information content (AvgIpc) is 2.99. The molecule has 1 aromatic carbocycles. The van der Waals surface area contributed by atoms with Crippen molar-refractivity contribution in [2.45, 2.75) is 12.7 Å². The highest BCUT2D eigenvalue weighted by molar-refractivity contribution is 6.33. The number of pyridine rings is 1. The molecule has 2 N–H and O–H groups in total. The van der Waals surface area contributed by atoms with Gasteiger partial charge in [0.2, 0.25) is 0 Å². The van der Waals surface area contributed by atoms with Gasteiger partial charge in [-0.2, -0.15) is 13.2 Å². The Morgan fingerprint density at radius 2 is 1.88 bits per heavy atom. The number of rotatable bonds is 2. The summed E-state index contributed by atoms with van der Waals surface area (Å²) >= 11 is 6.04. The second kappa shape index (κ2) is 6.07. The van der Waals surface area contributed by atoms with E-state index in [9.17, 15) is 13.2 Å². The molecule has 2 aromatic heterocycles. The van der Waals surface area contributed by atoms with E-state index in [0.29, 0.717) is 41.7 Å². The molecule has 0 amide bonds. The van der Waals surface area contributed by atoms with E-state index in [1.807, 2.05) is 0 Å². The number of ether oxygens (including phenoxy) is 2. The SMILES string of the molecule is NCc1c(-c2ccc3c(c2)OCCO3)nc2c(Cl)cc(C(F)(F)F)cn12. The van der Waals surface area contributed by atoms with Gasteiger partial charge in [0.25, 0.3) is 0 Å². The largest absolute Gasteiger partial charge is 0.486 e. The predicted octanol–water partition coefficient (Wildman–Crippen LogP) is 3.90. The topological polar surface area (TPSA) is 61.8 Å². The monoisotopic (exact) mass is 383 g/mol. The Bertz CT molecular complexity index is 1000. The lowest BCUT2D eigenvalue weighted by molar-refractivity contribution is -0.137. The number of aromatic nitrogens is 2. The van der Waals surface area contributed by atoms with Crippen LogP contribution in [0.4, 0.5) is 13.2 Å². The van der Waals surface area contributed by atoms with Crippen LogP contribution in [0.5, 0.6) is 11.5 Å². The molecule has 0 aliphatic carbocycles. The van der Waals surface area contributed by atoms with Gasteiger partial charge in [-0.15, -0.1) is 0 Å². The van der Waals surface area contributed by atoms with Gasteiger partial charge in [0.15, 0.2) is 17.1 Å². The van der Waals surface area contributed by atoms with E-state index in [1.165, 1.54) is 4.40 Å². The Morgan fingerprint density at radius 1 is 1.15 bits per heavy atom. The molecule has 136 valence electrons. The van der Waals surface area contributed by atoms with E-state index in [-0.39, 0.29) is 17.2 Å². The van der Waals surface area contributed by atoms with E-state index in [2.05, 4.69) is 4.98 Å². The smallest absolute Gasteiger partial charge is 0.417 e. The second-order valence-electron chi connectivity index (χ2n) is 5.74. The molecule has 1 aliphatic rings. The van der Waals surface area contributed by atoms with Crippen LogP contribution in [0.3, 0.4) is 0 Å². The number of hydrogen-bond donors (Lipinski definition) is 1. The lowest BCUT2D eigenvalue weighted by Crippen LogP contribution is -2.15. The van der Waals surface area contributed by atoms with Gasteiger partial charge >= 0.3 is 6.18 Å². The van der Waals surface area contributed by atoms with Gasteiger partial charge in [-0.1, -0.05) is 11.6 Å². The fourth-order valence-electron chi connectivity index (χ4n) is 2.92. The average molecular weight is 384 g/mol. The van der Waals surface area contributed by atoms with Crippen LogP contribution >= 0.6 is 11.6 Å². The first-order valence-electron chi connectivity index (χ1n) is 7.76. The molecule has 0 saturated heterocycles. The zero-order valence-corrected chi connectivity index (χ0v) is 14.1. The van der Waals surface area contributed by atoms with Gasteiger partial charge < -0.3 is 19.6 Å². The Kier molecular flexibility index (Phi) is 3.96. The van der Waals surface area contributed by atoms with Crippen LogP contribution in [0.15, 0.2) is 30.5 Å². The number of halogens is 4. The van der Waals surface area contributed by atoms with Crippen LogP contribution < -0.4 is 15.2 Å². The molecule has 0 radical (unpaired) electrons. The third-order valence-corrected chi connectivity index (χ3v) is 4.39. The van der Waals surface area contributed by atoms with Crippen molar-refractivity contribution < 1.29 is 22.6 Å². The highest BCUT2D eigenvalue weighted by Gasteiger charge is 2.32. The summed E-state index contributed by atoms with van der Waals surface area (Å²) in [6.45, 7) is 0.874. The summed E-state index contributed by atoms with van der Waals surface area (Å²) in [6.07, 6.45) is -3.57. The number of nitrogens with two attached hydrogens (primary N) is 1. The molecule has 26 heavy (non-hydrogen) atoms. The van der Waals surface area contributed by atoms with Crippen molar-refractivity contribution in [3.05, 3.63) is 46.7 Å². The fourth-order valence-corrected chi connectivity index (χ4v) is 3.17. The maximum atomic E-state index is 13.1. The second-order valence-corrected chi connectivity index (χ2v) is 6.14. The maximum Gasteiger partial charge on any atom is 0.417 e. The minimum absolute atomic E-state index is 0.0113. The predicted molar refractivity (Wildman–Crippen MR) is 89.5 cm³/mol. The number of benzene rings is 1. The molecular formula is C17H13ClF3N3O2. The molecule has 4 rings (SSSR count). The van der Waals surface area contributed by atoms with E-state index in [1.54, 1.807) is 18.2 Å². The van der Waals surface area contributed by atoms with Gasteiger partial charge in [0.05, 0.1) is 22.0 Å². The quantitative estimate of drug-likeness (QED) is 0.729. The lowest BCUT2D eigenvalue weighted by atomic mass is 10.1. The van der Waals surface area contributed by atoms with E-state index < -0.39 is 11.7 Å². The molecule has 0 atom stereocenters. The molecule has 3 heterocycles. The standard InChI is InChI=1S/C17H13ClF3N3O2/c18-11-6-10(17(19,20)21)8-24-12(7-22)15(23-16(11)24)9-1-2-13-14(5-9)26-4-3-25-13/h1-2,5-6,8H,3-4,7,22H2. The van der Waals surface area contributed by atoms with Crippen LogP contribution in [0, 0.1) is 0 Å². The molecule has 0 spiro atoms. The Morgan fingerprint density at radius 3 is 2.58 bits per heavy atom. The minimum Gasteiger partial charge on any atom is -0.486 e. The number of nitrogens with zero attached hydrogens (tertiary/aromatic N) is 2. The Hall–Kier alpha value is -2.45. The van der Waals surface area contributed by atoms with Gasteiger partial charge in [-0.25, -0.2) is 4.98 Å². The molecule has 1 aliphatic heterocycles. The lowest BCUT2D eigenvalue weighted by Gasteiger charge is -2.18. The normalized spacial score (nSPS) is 14.0. The number of fused-ring (bicyclic) bond motifs is 2. The van der Waals surface area contributed by atoms with Crippen LogP contribution in [0.25, 0.3) is 16.9 Å². The van der Waals surface area contributed by atoms with Crippen LogP contribution in [0.1, 0.15) is 11.3 Å². The summed E-state index contributed by atoms with van der Waals surface area (Å²) < 4.78 is 51.6. The highest BCUT2D eigenvalue weighted by Crippen LogP contribution is 2.37. The van der Waals surface area contributed by atoms with Crippen molar-refractivity contribution in [2.75, 3.05) is 13.2 Å². The molecule has 9 heteroatoms. The molecule has 3 aromatic rings. The third-order valence-electron chi connectivity index (χ3n) is 4.11. The maximum absolute atomic E-state index is 13.1. The highest BCUT2D eigenvalue weighted by atomic mass is 35.5. The molecule has 5 nitrogen and oxygen atoms in total. The molecule has 0 fully saturated rings. The van der Waals surface area contributed by atoms with Crippen molar-refractivity contribution in [3.63, 3.8) is 0 Å². The van der Waals surface area contributed by atoms with Gasteiger partial charge in [0.1, 0.15) is 13.2 Å². The van der Waals surface area contributed by atoms with E-state index >= 15 is 0 Å². The van der Waals surface area contributed by atoms with Crippen LogP contribution in [-0.2, 0) is 12.7 Å². The van der Waals surface area contributed by atoms with Crippen LogP contribution in [-0.4, -0.2) is 22.6 Å². The molecule has 0 unspecified atom stereocenters. The van der Waals surface area contributed by atoms with Crippen molar-refractivity contribution >= 4 is 17.2 Å². The van der Waals surface area contributed by atoms with E-state index in [0.717, 1.165) is 12.3 Å². The Labute approximate surface area is 151 Å². The molecule has 0 saturated carbocycles. The van der Waals surface area contributed by atoms with Crippen LogP contribution in [0.2, 0.25) is 5.02 Å². The van der Waals surface area contributed by atoms with Gasteiger partial charge in [-0.05, 0) is 24.3 Å². The summed E-state index contributed by atoms with van der Waals surface area (Å²) in [7, 11) is 0. The summed E-state index contributed by atoms with van der Waals surface area (Å²) in [5.41, 5.74) is 6.68. The van der Waals surface area contributed by atoms with Crippen molar-refractivity contribution in [2.24, 2.45) is 5.73 Å². The molecular weight excluding hydrogens is 371 g/mol. The molecule has 0 bridgehead atoms. The van der Waals surface area contributed by atoms with Crippen molar-refractivity contribution in [1.82, 2.24) is 9.38 Å². The zero-order valence-electron chi connectivity index (χ0n) is 13.3. The van der Waals surface area contributed by atoms with Gasteiger partial charge in [-0.3, -0.25) is 0 Å². The first kappa shape index (κ1) is 17.0. The van der Waals surface area contributed by atoms with E-state index in [4.69, 9.17) is 26.8 Å². The Balaban J connectivity index is 1.92. The summed E-state index contributed by atoms with van der Waals surface area (Å²) in [6, 6.07) is 6.08. The first-order valence-corrected chi connectivity index (χ1v) is 8.14. The zero-order chi connectivity index (χ0) is 18.5. The van der Waals surface area contributed by atoms with Crippen molar-refractivity contribution in [1.29, 1.82) is 0 Å². The number of hydrogen-bond acceptors (Lipinski definition) is 4. The van der Waals surface area contributed by atoms with Gasteiger partial charge in [0, 0.05) is 18.3 Å². The van der Waals surface area contributed by atoms with Crippen molar-refractivity contribution in [3.8, 4) is 22.8 Å². The number of alkyl halides is 3. The number of imidazole rings is 1. The minimum atomic E-state index is -4.52. The summed E-state index contributed by atoms with van der Waals surface area (Å²) in [4.78, 5) is 4.41. The summed E-state index contributed by atoms with van der Waals surface area (Å²) in [5.74, 6) is 1.16. The summed E-state index contributed by atoms with van der Waals surface area (Å²) in [5, 5.41) is -0.0988.